The summed E-state index contributed by atoms with van der Waals surface area (Å²) in [7, 11) is 1.22. The predicted molar refractivity (Wildman–Crippen MR) is 33.0 cm³/mol. The van der Waals surface area contributed by atoms with Crippen molar-refractivity contribution in [2.24, 2.45) is 10.7 Å². The van der Waals surface area contributed by atoms with Crippen LogP contribution in [0.2, 0.25) is 0 Å². The molecule has 0 radical (unpaired) electrons. The molecule has 0 fully saturated rings. The number of hydrogen-bond donors (Lipinski definition) is 1. The number of nitrogens with zero attached hydrogens (tertiary/aromatic N) is 1. The SMILES string of the molecule is COC(=O)[C@@H](N)CN=C=O. The van der Waals surface area contributed by atoms with Crippen LogP contribution in [-0.2, 0) is 14.3 Å². The maximum atomic E-state index is 10.5. The minimum Gasteiger partial charge on any atom is -0.468 e. The molecule has 0 spiro atoms. The average Bonchev–Trinajstić information content (AvgIpc) is 1.98. The Balaban J connectivity index is 3.72. The first-order valence-corrected chi connectivity index (χ1v) is 2.59. The van der Waals surface area contributed by atoms with Crippen molar-refractivity contribution in [3.63, 3.8) is 0 Å². The Labute approximate surface area is 57.9 Å². The van der Waals surface area contributed by atoms with E-state index in [2.05, 4.69) is 9.73 Å². The largest absolute Gasteiger partial charge is 0.468 e. The fraction of sp³-hybridized carbons (Fsp3) is 0.600. The molecular weight excluding hydrogens is 136 g/mol. The van der Waals surface area contributed by atoms with E-state index < -0.39 is 12.0 Å². The number of nitrogens with two attached hydrogens (primary N) is 1. The van der Waals surface area contributed by atoms with E-state index in [1.807, 2.05) is 0 Å². The molecule has 0 aromatic heterocycles. The van der Waals surface area contributed by atoms with E-state index >= 15 is 0 Å². The van der Waals surface area contributed by atoms with E-state index in [0.717, 1.165) is 0 Å². The van der Waals surface area contributed by atoms with Crippen LogP contribution in [0.15, 0.2) is 4.99 Å². The number of hydrogen-bond acceptors (Lipinski definition) is 5. The highest BCUT2D eigenvalue weighted by Gasteiger charge is 2.11. The van der Waals surface area contributed by atoms with Gasteiger partial charge in [0.1, 0.15) is 6.04 Å². The number of ether oxygens (including phenoxy) is 1. The van der Waals surface area contributed by atoms with Gasteiger partial charge in [0.15, 0.2) is 0 Å². The highest BCUT2D eigenvalue weighted by molar-refractivity contribution is 5.75. The summed E-state index contributed by atoms with van der Waals surface area (Å²) in [6.45, 7) is -0.0732. The zero-order valence-electron chi connectivity index (χ0n) is 5.53. The normalized spacial score (nSPS) is 11.4. The number of isocyanates is 1. The van der Waals surface area contributed by atoms with Crippen LogP contribution in [0.25, 0.3) is 0 Å². The first kappa shape index (κ1) is 8.81. The maximum Gasteiger partial charge on any atom is 0.324 e. The lowest BCUT2D eigenvalue weighted by molar-refractivity contribution is -0.141. The van der Waals surface area contributed by atoms with Crippen molar-refractivity contribution in [1.82, 2.24) is 0 Å². The van der Waals surface area contributed by atoms with Gasteiger partial charge in [-0.25, -0.2) is 9.79 Å². The molecule has 10 heavy (non-hydrogen) atoms. The van der Waals surface area contributed by atoms with Crippen molar-refractivity contribution >= 4 is 12.0 Å². The van der Waals surface area contributed by atoms with Crippen LogP contribution < -0.4 is 5.73 Å². The topological polar surface area (TPSA) is 81.8 Å². The minimum atomic E-state index is -0.855. The summed E-state index contributed by atoms with van der Waals surface area (Å²) in [5, 5.41) is 0. The second-order valence-electron chi connectivity index (χ2n) is 1.56. The lowest BCUT2D eigenvalue weighted by atomic mass is 10.3. The highest BCUT2D eigenvalue weighted by Crippen LogP contribution is 1.82. The van der Waals surface area contributed by atoms with Gasteiger partial charge in [-0.2, -0.15) is 0 Å². The Bertz CT molecular complexity index is 162. The molecule has 0 heterocycles. The molecule has 0 amide bonds. The molecule has 0 bridgehead atoms. The third-order valence-electron chi connectivity index (χ3n) is 0.856. The number of carbonyl (C=O) groups excluding carboxylic acids is 2. The van der Waals surface area contributed by atoms with Gasteiger partial charge in [0, 0.05) is 0 Å². The van der Waals surface area contributed by atoms with Gasteiger partial charge < -0.3 is 10.5 Å². The van der Waals surface area contributed by atoms with E-state index in [1.165, 1.54) is 13.2 Å². The molecule has 0 aliphatic carbocycles. The molecule has 1 atom stereocenters. The highest BCUT2D eigenvalue weighted by atomic mass is 16.5. The fourth-order valence-electron chi connectivity index (χ4n) is 0.362. The number of methoxy groups -OCH3 is 1. The van der Waals surface area contributed by atoms with Gasteiger partial charge >= 0.3 is 5.97 Å². The summed E-state index contributed by atoms with van der Waals surface area (Å²) >= 11 is 0. The van der Waals surface area contributed by atoms with Crippen molar-refractivity contribution < 1.29 is 14.3 Å². The van der Waals surface area contributed by atoms with E-state index in [1.54, 1.807) is 0 Å². The molecular formula is C5H8N2O3. The van der Waals surface area contributed by atoms with Crippen molar-refractivity contribution in [2.75, 3.05) is 13.7 Å². The number of carbonyl (C=O) groups is 1. The monoisotopic (exact) mass is 144 g/mol. The van der Waals surface area contributed by atoms with Gasteiger partial charge in [0.05, 0.1) is 13.7 Å². The van der Waals surface area contributed by atoms with E-state index in [0.29, 0.717) is 0 Å². The number of rotatable bonds is 3. The van der Waals surface area contributed by atoms with Crippen molar-refractivity contribution in [1.29, 1.82) is 0 Å². The lowest BCUT2D eigenvalue weighted by Gasteiger charge is -2.02. The second kappa shape index (κ2) is 4.67. The van der Waals surface area contributed by atoms with Gasteiger partial charge in [0.2, 0.25) is 6.08 Å². The zero-order chi connectivity index (χ0) is 7.98. The standard InChI is InChI=1S/C5H8N2O3/c1-10-5(9)4(6)2-7-3-8/h4H,2,6H2,1H3/t4-/m0/s1. The molecule has 0 saturated heterocycles. The third-order valence-corrected chi connectivity index (χ3v) is 0.856. The number of esters is 1. The number of aliphatic imine (C=N–C) groups is 1. The van der Waals surface area contributed by atoms with Gasteiger partial charge in [0.25, 0.3) is 0 Å². The molecule has 0 aliphatic rings. The van der Waals surface area contributed by atoms with E-state index in [9.17, 15) is 9.59 Å². The van der Waals surface area contributed by atoms with Crippen molar-refractivity contribution in [3.8, 4) is 0 Å². The summed E-state index contributed by atoms with van der Waals surface area (Å²) in [5.74, 6) is -0.584. The van der Waals surface area contributed by atoms with Crippen LogP contribution in [0.1, 0.15) is 0 Å². The van der Waals surface area contributed by atoms with Crippen molar-refractivity contribution in [3.05, 3.63) is 0 Å². The van der Waals surface area contributed by atoms with Crippen molar-refractivity contribution in [2.45, 2.75) is 6.04 Å². The molecule has 5 heteroatoms. The Morgan fingerprint density at radius 3 is 2.90 bits per heavy atom. The summed E-state index contributed by atoms with van der Waals surface area (Å²) in [4.78, 5) is 23.1. The summed E-state index contributed by atoms with van der Waals surface area (Å²) < 4.78 is 4.26. The van der Waals surface area contributed by atoms with E-state index in [-0.39, 0.29) is 6.54 Å². The van der Waals surface area contributed by atoms with Gasteiger partial charge in [-0.1, -0.05) is 0 Å². The quantitative estimate of drug-likeness (QED) is 0.307. The molecule has 5 nitrogen and oxygen atoms in total. The van der Waals surface area contributed by atoms with Crippen LogP contribution in [-0.4, -0.2) is 31.7 Å². The second-order valence-corrected chi connectivity index (χ2v) is 1.56. The lowest BCUT2D eigenvalue weighted by Crippen LogP contribution is -2.34. The fourth-order valence-corrected chi connectivity index (χ4v) is 0.362. The first-order valence-electron chi connectivity index (χ1n) is 2.59. The Kier molecular flexibility index (Phi) is 4.11. The Morgan fingerprint density at radius 2 is 2.50 bits per heavy atom. The third kappa shape index (κ3) is 2.96. The van der Waals surface area contributed by atoms with E-state index in [4.69, 9.17) is 5.73 Å². The van der Waals surface area contributed by atoms with Gasteiger partial charge in [-0.15, -0.1) is 0 Å². The molecule has 0 rings (SSSR count). The molecule has 2 N–H and O–H groups in total. The summed E-state index contributed by atoms with van der Waals surface area (Å²) in [6.07, 6.45) is 1.26. The van der Waals surface area contributed by atoms with Gasteiger partial charge in [-0.3, -0.25) is 4.79 Å². The molecule has 0 unspecified atom stereocenters. The van der Waals surface area contributed by atoms with Crippen LogP contribution in [0.3, 0.4) is 0 Å². The molecule has 0 aromatic carbocycles. The minimum absolute atomic E-state index is 0.0732. The first-order chi connectivity index (χ1) is 4.72. The van der Waals surface area contributed by atoms with Crippen LogP contribution in [0.5, 0.6) is 0 Å². The Hall–Kier alpha value is -1.19. The summed E-state index contributed by atoms with van der Waals surface area (Å²) in [5.41, 5.74) is 5.17. The molecule has 0 aliphatic heterocycles. The summed E-state index contributed by atoms with van der Waals surface area (Å²) in [6, 6.07) is -0.855. The molecule has 0 aromatic rings. The van der Waals surface area contributed by atoms with Gasteiger partial charge in [-0.05, 0) is 0 Å². The Morgan fingerprint density at radius 1 is 1.90 bits per heavy atom. The molecule has 0 saturated carbocycles. The van der Waals surface area contributed by atoms with Crippen LogP contribution in [0.4, 0.5) is 0 Å². The maximum absolute atomic E-state index is 10.5. The van der Waals surface area contributed by atoms with Crippen LogP contribution in [0, 0.1) is 0 Å². The smallest absolute Gasteiger partial charge is 0.324 e. The molecule has 56 valence electrons. The predicted octanol–water partition coefficient (Wildman–Crippen LogP) is -1.18. The zero-order valence-corrected chi connectivity index (χ0v) is 5.53. The van der Waals surface area contributed by atoms with Crippen LogP contribution >= 0.6 is 0 Å². The average molecular weight is 144 g/mol.